The third-order valence-corrected chi connectivity index (χ3v) is 2.73. The summed E-state index contributed by atoms with van der Waals surface area (Å²) in [6.07, 6.45) is 2.57. The summed E-state index contributed by atoms with van der Waals surface area (Å²) in [5, 5.41) is 3.32. The molecule has 0 aliphatic carbocycles. The lowest BCUT2D eigenvalue weighted by Crippen LogP contribution is -2.12. The smallest absolute Gasteiger partial charge is 0.272 e. The molecule has 0 unspecified atom stereocenters. The van der Waals surface area contributed by atoms with Crippen LogP contribution >= 0.6 is 11.6 Å². The van der Waals surface area contributed by atoms with Crippen molar-refractivity contribution in [3.8, 4) is 0 Å². The van der Waals surface area contributed by atoms with Gasteiger partial charge in [0, 0.05) is 11.9 Å². The molecule has 1 aromatic carbocycles. The monoisotopic (exact) mass is 248 g/mol. The number of nitrogens with one attached hydrogen (secondary N) is 2. The molecule has 88 valence electrons. The number of aromatic nitrogens is 1. The lowest BCUT2D eigenvalue weighted by atomic mass is 10.1. The van der Waals surface area contributed by atoms with Gasteiger partial charge in [0.25, 0.3) is 5.91 Å². The number of benzene rings is 1. The van der Waals surface area contributed by atoms with E-state index in [4.69, 9.17) is 11.6 Å². The van der Waals surface area contributed by atoms with E-state index < -0.39 is 0 Å². The first-order valence-electron chi connectivity index (χ1n) is 5.43. The first-order chi connectivity index (χ1) is 8.19. The molecule has 0 radical (unpaired) electrons. The third-order valence-electron chi connectivity index (χ3n) is 2.51. The van der Waals surface area contributed by atoms with Crippen molar-refractivity contribution < 1.29 is 4.79 Å². The van der Waals surface area contributed by atoms with Crippen molar-refractivity contribution in [3.05, 3.63) is 52.8 Å². The Kier molecular flexibility index (Phi) is 3.49. The molecule has 3 nitrogen and oxygen atoms in total. The highest BCUT2D eigenvalue weighted by molar-refractivity contribution is 6.31. The molecule has 1 heterocycles. The minimum absolute atomic E-state index is 0.193. The Bertz CT molecular complexity index is 516. The second-order valence-electron chi connectivity index (χ2n) is 3.74. The number of aromatic amines is 1. The van der Waals surface area contributed by atoms with E-state index >= 15 is 0 Å². The molecule has 0 aliphatic rings. The van der Waals surface area contributed by atoms with Crippen LogP contribution in [0.2, 0.25) is 5.02 Å². The van der Waals surface area contributed by atoms with Crippen LogP contribution in [0.25, 0.3) is 0 Å². The number of rotatable bonds is 3. The SMILES string of the molecule is CCc1ccc(NC(=O)c2cc(Cl)c[nH]2)cc1. The summed E-state index contributed by atoms with van der Waals surface area (Å²) in [5.41, 5.74) is 2.47. The molecule has 0 bridgehead atoms. The minimum atomic E-state index is -0.193. The summed E-state index contributed by atoms with van der Waals surface area (Å²) < 4.78 is 0. The van der Waals surface area contributed by atoms with Gasteiger partial charge >= 0.3 is 0 Å². The average molecular weight is 249 g/mol. The van der Waals surface area contributed by atoms with E-state index in [0.717, 1.165) is 12.1 Å². The van der Waals surface area contributed by atoms with Gasteiger partial charge in [0.05, 0.1) is 5.02 Å². The third kappa shape index (κ3) is 2.88. The van der Waals surface area contributed by atoms with Crippen molar-refractivity contribution in [3.63, 3.8) is 0 Å². The maximum atomic E-state index is 11.8. The highest BCUT2D eigenvalue weighted by atomic mass is 35.5. The maximum absolute atomic E-state index is 11.8. The number of anilines is 1. The Morgan fingerprint density at radius 1 is 1.35 bits per heavy atom. The number of halogens is 1. The zero-order valence-corrected chi connectivity index (χ0v) is 10.2. The standard InChI is InChI=1S/C13H13ClN2O/c1-2-9-3-5-11(6-4-9)16-13(17)12-7-10(14)8-15-12/h3-8,15H,2H2,1H3,(H,16,17). The Labute approximate surface area is 105 Å². The topological polar surface area (TPSA) is 44.9 Å². The second kappa shape index (κ2) is 5.06. The normalized spacial score (nSPS) is 10.2. The van der Waals surface area contributed by atoms with E-state index in [1.54, 1.807) is 12.3 Å². The molecule has 0 saturated carbocycles. The van der Waals surface area contributed by atoms with E-state index in [1.807, 2.05) is 24.3 Å². The number of amides is 1. The molecule has 0 spiro atoms. The molecular weight excluding hydrogens is 236 g/mol. The summed E-state index contributed by atoms with van der Waals surface area (Å²) in [7, 11) is 0. The number of hydrogen-bond acceptors (Lipinski definition) is 1. The molecule has 17 heavy (non-hydrogen) atoms. The minimum Gasteiger partial charge on any atom is -0.356 e. The highest BCUT2D eigenvalue weighted by Crippen LogP contribution is 2.13. The van der Waals surface area contributed by atoms with Gasteiger partial charge in [-0.15, -0.1) is 0 Å². The van der Waals surface area contributed by atoms with Crippen LogP contribution in [0.3, 0.4) is 0 Å². The quantitative estimate of drug-likeness (QED) is 0.858. The van der Waals surface area contributed by atoms with E-state index in [0.29, 0.717) is 10.7 Å². The van der Waals surface area contributed by atoms with Gasteiger partial charge in [-0.1, -0.05) is 30.7 Å². The van der Waals surface area contributed by atoms with Gasteiger partial charge in [-0.05, 0) is 30.2 Å². The van der Waals surface area contributed by atoms with Crippen LogP contribution in [0.15, 0.2) is 36.5 Å². The van der Waals surface area contributed by atoms with Crippen LogP contribution in [0, 0.1) is 0 Å². The summed E-state index contributed by atoms with van der Waals surface area (Å²) >= 11 is 5.74. The van der Waals surface area contributed by atoms with Crippen LogP contribution < -0.4 is 5.32 Å². The first-order valence-corrected chi connectivity index (χ1v) is 5.81. The van der Waals surface area contributed by atoms with Crippen molar-refractivity contribution in [2.45, 2.75) is 13.3 Å². The molecule has 0 saturated heterocycles. The lowest BCUT2D eigenvalue weighted by molar-refractivity contribution is 0.102. The molecule has 2 rings (SSSR count). The van der Waals surface area contributed by atoms with Crippen molar-refractivity contribution in [2.75, 3.05) is 5.32 Å². The largest absolute Gasteiger partial charge is 0.356 e. The van der Waals surface area contributed by atoms with E-state index in [1.165, 1.54) is 5.56 Å². The second-order valence-corrected chi connectivity index (χ2v) is 4.17. The average Bonchev–Trinajstić information content (AvgIpc) is 2.77. The van der Waals surface area contributed by atoms with E-state index in [-0.39, 0.29) is 5.91 Å². The number of H-pyrrole nitrogens is 1. The van der Waals surface area contributed by atoms with Gasteiger partial charge in [-0.25, -0.2) is 0 Å². The number of hydrogen-bond donors (Lipinski definition) is 2. The lowest BCUT2D eigenvalue weighted by Gasteiger charge is -2.04. The molecule has 1 amide bonds. The molecular formula is C13H13ClN2O. The van der Waals surface area contributed by atoms with Crippen LogP contribution in [0.5, 0.6) is 0 Å². The molecule has 2 aromatic rings. The highest BCUT2D eigenvalue weighted by Gasteiger charge is 2.07. The van der Waals surface area contributed by atoms with Gasteiger partial charge in [0.1, 0.15) is 5.69 Å². The number of carbonyl (C=O) groups excluding carboxylic acids is 1. The van der Waals surface area contributed by atoms with E-state index in [9.17, 15) is 4.79 Å². The summed E-state index contributed by atoms with van der Waals surface area (Å²) in [6.45, 7) is 2.09. The molecule has 4 heteroatoms. The number of carbonyl (C=O) groups is 1. The van der Waals surface area contributed by atoms with Crippen molar-refractivity contribution in [1.29, 1.82) is 0 Å². The molecule has 2 N–H and O–H groups in total. The van der Waals surface area contributed by atoms with Gasteiger partial charge in [0.2, 0.25) is 0 Å². The Morgan fingerprint density at radius 2 is 2.06 bits per heavy atom. The fourth-order valence-electron chi connectivity index (χ4n) is 1.52. The summed E-state index contributed by atoms with van der Waals surface area (Å²) in [6, 6.07) is 9.37. The molecule has 0 atom stereocenters. The Hall–Kier alpha value is -1.74. The van der Waals surface area contributed by atoms with E-state index in [2.05, 4.69) is 17.2 Å². The van der Waals surface area contributed by atoms with Gasteiger partial charge in [-0.3, -0.25) is 4.79 Å². The van der Waals surface area contributed by atoms with Gasteiger partial charge in [0.15, 0.2) is 0 Å². The zero-order valence-electron chi connectivity index (χ0n) is 9.46. The molecule has 1 aromatic heterocycles. The van der Waals surface area contributed by atoms with Crippen molar-refractivity contribution in [1.82, 2.24) is 4.98 Å². The van der Waals surface area contributed by atoms with Crippen LogP contribution in [0.1, 0.15) is 23.0 Å². The summed E-state index contributed by atoms with van der Waals surface area (Å²) in [5.74, 6) is -0.193. The fourth-order valence-corrected chi connectivity index (χ4v) is 1.68. The Balaban J connectivity index is 2.07. The molecule has 0 aliphatic heterocycles. The first kappa shape index (κ1) is 11.7. The predicted octanol–water partition coefficient (Wildman–Crippen LogP) is 3.48. The van der Waals surface area contributed by atoms with Gasteiger partial charge < -0.3 is 10.3 Å². The zero-order chi connectivity index (χ0) is 12.3. The van der Waals surface area contributed by atoms with Crippen molar-refractivity contribution in [2.24, 2.45) is 0 Å². The Morgan fingerprint density at radius 3 is 2.59 bits per heavy atom. The van der Waals surface area contributed by atoms with Crippen molar-refractivity contribution >= 4 is 23.2 Å². The molecule has 0 fully saturated rings. The van der Waals surface area contributed by atoms with Crippen LogP contribution in [0.4, 0.5) is 5.69 Å². The van der Waals surface area contributed by atoms with Crippen LogP contribution in [-0.4, -0.2) is 10.9 Å². The fraction of sp³-hybridized carbons (Fsp3) is 0.154. The number of aryl methyl sites for hydroxylation is 1. The summed E-state index contributed by atoms with van der Waals surface area (Å²) in [4.78, 5) is 14.6. The van der Waals surface area contributed by atoms with Gasteiger partial charge in [-0.2, -0.15) is 0 Å². The maximum Gasteiger partial charge on any atom is 0.272 e. The van der Waals surface area contributed by atoms with Crippen LogP contribution in [-0.2, 0) is 6.42 Å². The predicted molar refractivity (Wildman–Crippen MR) is 69.6 cm³/mol.